The SMILES string of the molecule is O=C1C(=Cc2ccc(-c3ccc(F)cc3)o2)SC(=S)N1C1CCCCCCCCCCC1. The number of benzene rings is 1. The van der Waals surface area contributed by atoms with E-state index in [4.69, 9.17) is 16.6 Å². The first-order valence-electron chi connectivity index (χ1n) is 11.7. The number of halogens is 1. The van der Waals surface area contributed by atoms with Crippen LogP contribution in [-0.4, -0.2) is 21.2 Å². The maximum atomic E-state index is 13.3. The average molecular weight is 472 g/mol. The summed E-state index contributed by atoms with van der Waals surface area (Å²) in [6.45, 7) is 0. The second kappa shape index (κ2) is 11.3. The maximum Gasteiger partial charge on any atom is 0.266 e. The van der Waals surface area contributed by atoms with E-state index in [1.54, 1.807) is 18.2 Å². The van der Waals surface area contributed by atoms with Crippen molar-refractivity contribution < 1.29 is 13.6 Å². The van der Waals surface area contributed by atoms with Gasteiger partial charge in [0, 0.05) is 17.7 Å². The number of amides is 1. The molecule has 4 rings (SSSR count). The molecule has 6 heteroatoms. The van der Waals surface area contributed by atoms with E-state index in [0.29, 0.717) is 20.7 Å². The van der Waals surface area contributed by atoms with Crippen molar-refractivity contribution >= 4 is 40.3 Å². The van der Waals surface area contributed by atoms with Crippen LogP contribution in [0.25, 0.3) is 17.4 Å². The second-order valence-electron chi connectivity index (χ2n) is 8.67. The van der Waals surface area contributed by atoms with Crippen molar-refractivity contribution in [2.45, 2.75) is 76.7 Å². The third-order valence-electron chi connectivity index (χ3n) is 6.29. The van der Waals surface area contributed by atoms with E-state index < -0.39 is 0 Å². The van der Waals surface area contributed by atoms with E-state index in [-0.39, 0.29) is 17.8 Å². The number of rotatable bonds is 3. The average Bonchev–Trinajstić information content (AvgIpc) is 3.34. The zero-order valence-corrected chi connectivity index (χ0v) is 20.0. The van der Waals surface area contributed by atoms with Crippen LogP contribution >= 0.6 is 24.0 Å². The summed E-state index contributed by atoms with van der Waals surface area (Å²) in [6, 6.07) is 10.0. The van der Waals surface area contributed by atoms with Crippen molar-refractivity contribution in [1.82, 2.24) is 4.90 Å². The van der Waals surface area contributed by atoms with Crippen LogP contribution in [0.15, 0.2) is 45.7 Å². The molecule has 0 radical (unpaired) electrons. The minimum Gasteiger partial charge on any atom is -0.457 e. The number of carbonyl (C=O) groups is 1. The van der Waals surface area contributed by atoms with Crippen LogP contribution in [-0.2, 0) is 4.79 Å². The summed E-state index contributed by atoms with van der Waals surface area (Å²) in [5.41, 5.74) is 0.798. The Kier molecular flexibility index (Phi) is 8.20. The number of carbonyl (C=O) groups excluding carboxylic acids is 1. The van der Waals surface area contributed by atoms with E-state index in [0.717, 1.165) is 31.2 Å². The van der Waals surface area contributed by atoms with Gasteiger partial charge < -0.3 is 4.42 Å². The van der Waals surface area contributed by atoms with Crippen LogP contribution in [0.1, 0.15) is 76.4 Å². The third-order valence-corrected chi connectivity index (χ3v) is 7.62. The lowest BCUT2D eigenvalue weighted by molar-refractivity contribution is -0.123. The van der Waals surface area contributed by atoms with Gasteiger partial charge in [0.15, 0.2) is 0 Å². The van der Waals surface area contributed by atoms with Crippen molar-refractivity contribution in [3.8, 4) is 11.3 Å². The summed E-state index contributed by atoms with van der Waals surface area (Å²) in [4.78, 5) is 15.7. The quantitative estimate of drug-likeness (QED) is 0.336. The van der Waals surface area contributed by atoms with E-state index in [1.165, 1.54) is 68.8 Å². The zero-order chi connectivity index (χ0) is 22.3. The predicted molar refractivity (Wildman–Crippen MR) is 134 cm³/mol. The molecule has 3 nitrogen and oxygen atoms in total. The number of nitrogens with zero attached hydrogens (tertiary/aromatic N) is 1. The Morgan fingerprint density at radius 1 is 0.906 bits per heavy atom. The van der Waals surface area contributed by atoms with Crippen LogP contribution in [0, 0.1) is 5.82 Å². The first-order chi connectivity index (χ1) is 15.6. The molecule has 1 aromatic heterocycles. The molecule has 1 aliphatic carbocycles. The molecular formula is C26H30FNO2S2. The topological polar surface area (TPSA) is 33.5 Å². The molecule has 1 saturated carbocycles. The molecule has 170 valence electrons. The van der Waals surface area contributed by atoms with Gasteiger partial charge in [-0.3, -0.25) is 9.69 Å². The molecule has 0 spiro atoms. The van der Waals surface area contributed by atoms with Crippen LogP contribution < -0.4 is 0 Å². The van der Waals surface area contributed by atoms with Gasteiger partial charge in [-0.05, 0) is 49.2 Å². The monoisotopic (exact) mass is 471 g/mol. The van der Waals surface area contributed by atoms with Gasteiger partial charge in [-0.2, -0.15) is 0 Å². The summed E-state index contributed by atoms with van der Waals surface area (Å²) in [7, 11) is 0. The lowest BCUT2D eigenvalue weighted by Gasteiger charge is -2.27. The van der Waals surface area contributed by atoms with Crippen molar-refractivity contribution in [1.29, 1.82) is 0 Å². The van der Waals surface area contributed by atoms with Gasteiger partial charge >= 0.3 is 0 Å². The predicted octanol–water partition coefficient (Wildman–Crippen LogP) is 7.96. The van der Waals surface area contributed by atoms with E-state index in [2.05, 4.69) is 0 Å². The summed E-state index contributed by atoms with van der Waals surface area (Å²) >= 11 is 7.00. The first kappa shape index (κ1) is 23.2. The van der Waals surface area contributed by atoms with Gasteiger partial charge in [0.05, 0.1) is 4.91 Å². The van der Waals surface area contributed by atoms with Crippen molar-refractivity contribution in [3.05, 3.63) is 52.9 Å². The van der Waals surface area contributed by atoms with Gasteiger partial charge in [-0.1, -0.05) is 81.8 Å². The molecule has 2 fully saturated rings. The normalized spacial score (nSPS) is 21.0. The van der Waals surface area contributed by atoms with Crippen LogP contribution in [0.5, 0.6) is 0 Å². The molecule has 0 N–H and O–H groups in total. The number of thiocarbonyl (C=S) groups is 1. The van der Waals surface area contributed by atoms with E-state index in [9.17, 15) is 9.18 Å². The fraction of sp³-hybridized carbons (Fsp3) is 0.462. The molecule has 0 bridgehead atoms. The minimum atomic E-state index is -0.282. The van der Waals surface area contributed by atoms with Gasteiger partial charge in [-0.25, -0.2) is 4.39 Å². The molecule has 1 aliphatic heterocycles. The Morgan fingerprint density at radius 2 is 1.50 bits per heavy atom. The minimum absolute atomic E-state index is 0.00294. The Morgan fingerprint density at radius 3 is 2.12 bits per heavy atom. The highest BCUT2D eigenvalue weighted by atomic mass is 32.2. The van der Waals surface area contributed by atoms with Gasteiger partial charge in [0.1, 0.15) is 21.7 Å². The van der Waals surface area contributed by atoms with Crippen LogP contribution in [0.3, 0.4) is 0 Å². The largest absolute Gasteiger partial charge is 0.457 e. The molecule has 32 heavy (non-hydrogen) atoms. The van der Waals surface area contributed by atoms with Gasteiger partial charge in [0.2, 0.25) is 0 Å². The smallest absolute Gasteiger partial charge is 0.266 e. The summed E-state index contributed by atoms with van der Waals surface area (Å²) in [6.07, 6.45) is 15.2. The Labute approximate surface area is 199 Å². The van der Waals surface area contributed by atoms with Gasteiger partial charge in [-0.15, -0.1) is 0 Å². The summed E-state index contributed by atoms with van der Waals surface area (Å²) < 4.78 is 19.7. The second-order valence-corrected chi connectivity index (χ2v) is 10.3. The fourth-order valence-corrected chi connectivity index (χ4v) is 5.90. The lowest BCUT2D eigenvalue weighted by atomic mass is 9.97. The molecule has 0 unspecified atom stereocenters. The standard InChI is InChI=1S/C26H30FNO2S2/c27-20-14-12-19(13-15-20)23-17-16-22(30-23)18-24-25(29)28(26(31)32-24)21-10-8-6-4-2-1-3-5-7-9-11-21/h12-18,21H,1-11H2. The maximum absolute atomic E-state index is 13.3. The molecule has 2 heterocycles. The van der Waals surface area contributed by atoms with Crippen molar-refractivity contribution in [2.24, 2.45) is 0 Å². The number of thioether (sulfide) groups is 1. The first-order valence-corrected chi connectivity index (χ1v) is 13.0. The molecule has 2 aliphatic rings. The molecule has 2 aromatic rings. The van der Waals surface area contributed by atoms with Crippen molar-refractivity contribution in [3.63, 3.8) is 0 Å². The van der Waals surface area contributed by atoms with Crippen molar-refractivity contribution in [2.75, 3.05) is 0 Å². The lowest BCUT2D eigenvalue weighted by Crippen LogP contribution is -2.38. The van der Waals surface area contributed by atoms with Crippen LogP contribution in [0.4, 0.5) is 4.39 Å². The highest BCUT2D eigenvalue weighted by molar-refractivity contribution is 8.26. The summed E-state index contributed by atoms with van der Waals surface area (Å²) in [5.74, 6) is 0.960. The Hall–Kier alpha value is -1.92. The molecule has 1 amide bonds. The highest BCUT2D eigenvalue weighted by Crippen LogP contribution is 2.37. The van der Waals surface area contributed by atoms with Crippen LogP contribution in [0.2, 0.25) is 0 Å². The number of furan rings is 1. The third kappa shape index (κ3) is 5.90. The highest BCUT2D eigenvalue weighted by Gasteiger charge is 2.36. The molecule has 1 aromatic carbocycles. The zero-order valence-electron chi connectivity index (χ0n) is 18.4. The molecular weight excluding hydrogens is 441 g/mol. The van der Waals surface area contributed by atoms with Gasteiger partial charge in [0.25, 0.3) is 5.91 Å². The van der Waals surface area contributed by atoms with E-state index >= 15 is 0 Å². The molecule has 0 atom stereocenters. The molecule has 1 saturated heterocycles. The summed E-state index contributed by atoms with van der Waals surface area (Å²) in [5, 5.41) is 0. The number of hydrogen-bond donors (Lipinski definition) is 0. The number of hydrogen-bond acceptors (Lipinski definition) is 4. The Balaban J connectivity index is 1.46. The fourth-order valence-electron chi connectivity index (χ4n) is 4.52. The Bertz CT molecular complexity index is 954. The van der Waals surface area contributed by atoms with E-state index in [1.807, 2.05) is 17.0 Å².